The lowest BCUT2D eigenvalue weighted by Crippen LogP contribution is -2.52. The van der Waals surface area contributed by atoms with Crippen LogP contribution < -0.4 is 5.32 Å². The van der Waals surface area contributed by atoms with Crippen molar-refractivity contribution in [3.63, 3.8) is 0 Å². The Morgan fingerprint density at radius 1 is 1.08 bits per heavy atom. The minimum Gasteiger partial charge on any atom is -0.339 e. The maximum absolute atomic E-state index is 12.2. The lowest BCUT2D eigenvalue weighted by Gasteiger charge is -2.34. The number of nitrogens with zero attached hydrogens (tertiary/aromatic N) is 4. The monoisotopic (exact) mass is 327 g/mol. The van der Waals surface area contributed by atoms with Gasteiger partial charge in [-0.3, -0.25) is 4.79 Å². The third kappa shape index (κ3) is 3.73. The Morgan fingerprint density at radius 3 is 2.42 bits per heavy atom. The fraction of sp³-hybridized carbons (Fsp3) is 0.353. The van der Waals surface area contributed by atoms with E-state index in [0.29, 0.717) is 32.7 Å². The molecule has 0 bridgehead atoms. The second-order valence-corrected chi connectivity index (χ2v) is 5.78. The van der Waals surface area contributed by atoms with E-state index in [-0.39, 0.29) is 11.9 Å². The molecule has 1 saturated heterocycles. The Labute approximate surface area is 140 Å². The normalized spacial score (nSPS) is 14.5. The van der Waals surface area contributed by atoms with Crippen molar-refractivity contribution in [1.82, 2.24) is 24.9 Å². The van der Waals surface area contributed by atoms with Crippen LogP contribution in [0.15, 0.2) is 42.7 Å². The molecule has 24 heavy (non-hydrogen) atoms. The van der Waals surface area contributed by atoms with Crippen molar-refractivity contribution in [3.8, 4) is 5.69 Å². The van der Waals surface area contributed by atoms with Gasteiger partial charge < -0.3 is 15.1 Å². The molecule has 3 amide bonds. The number of rotatable bonds is 3. The van der Waals surface area contributed by atoms with Gasteiger partial charge in [-0.2, -0.15) is 5.10 Å². The van der Waals surface area contributed by atoms with Crippen LogP contribution in [0.2, 0.25) is 0 Å². The van der Waals surface area contributed by atoms with E-state index < -0.39 is 0 Å². The molecule has 1 aliphatic rings. The number of benzene rings is 1. The second kappa shape index (κ2) is 7.16. The standard InChI is InChI=1S/C17H21N5O2/c1-14(23)20-7-9-21(10-8-20)17(24)18-11-15-12-19-22(13-15)16-5-3-2-4-6-16/h2-6,12-13H,7-11H2,1H3,(H,18,24). The van der Waals surface area contributed by atoms with E-state index in [1.807, 2.05) is 36.5 Å². The molecule has 2 heterocycles. The van der Waals surface area contributed by atoms with Gasteiger partial charge in [-0.1, -0.05) is 18.2 Å². The first-order valence-corrected chi connectivity index (χ1v) is 8.01. The maximum atomic E-state index is 12.2. The Bertz CT molecular complexity index is 705. The summed E-state index contributed by atoms with van der Waals surface area (Å²) in [7, 11) is 0. The van der Waals surface area contributed by atoms with E-state index in [1.54, 1.807) is 27.6 Å². The van der Waals surface area contributed by atoms with Crippen LogP contribution in [0.4, 0.5) is 4.79 Å². The summed E-state index contributed by atoms with van der Waals surface area (Å²) in [5, 5.41) is 7.22. The Balaban J connectivity index is 1.50. The highest BCUT2D eigenvalue weighted by molar-refractivity contribution is 5.76. The number of urea groups is 1. The summed E-state index contributed by atoms with van der Waals surface area (Å²) in [4.78, 5) is 27.0. The highest BCUT2D eigenvalue weighted by atomic mass is 16.2. The molecular weight excluding hydrogens is 306 g/mol. The average Bonchev–Trinajstić information content (AvgIpc) is 3.09. The molecule has 3 rings (SSSR count). The number of para-hydroxylation sites is 1. The van der Waals surface area contributed by atoms with E-state index in [4.69, 9.17) is 0 Å². The molecule has 2 aromatic rings. The Morgan fingerprint density at radius 2 is 1.75 bits per heavy atom. The van der Waals surface area contributed by atoms with Crippen LogP contribution in [0.3, 0.4) is 0 Å². The Hall–Kier alpha value is -2.83. The van der Waals surface area contributed by atoms with Crippen LogP contribution in [0.25, 0.3) is 5.69 Å². The molecule has 7 nitrogen and oxygen atoms in total. The summed E-state index contributed by atoms with van der Waals surface area (Å²) >= 11 is 0. The number of carbonyl (C=O) groups excluding carboxylic acids is 2. The summed E-state index contributed by atoms with van der Waals surface area (Å²) in [6.45, 7) is 4.30. The number of nitrogens with one attached hydrogen (secondary N) is 1. The second-order valence-electron chi connectivity index (χ2n) is 5.78. The fourth-order valence-electron chi connectivity index (χ4n) is 2.69. The molecule has 0 spiro atoms. The van der Waals surface area contributed by atoms with E-state index in [0.717, 1.165) is 11.3 Å². The predicted octanol–water partition coefficient (Wildman–Crippen LogP) is 1.25. The van der Waals surface area contributed by atoms with E-state index in [2.05, 4.69) is 10.4 Å². The lowest BCUT2D eigenvalue weighted by atomic mass is 10.3. The minimum absolute atomic E-state index is 0.0587. The molecule has 0 atom stereocenters. The van der Waals surface area contributed by atoms with E-state index >= 15 is 0 Å². The van der Waals surface area contributed by atoms with Crippen LogP contribution in [0.1, 0.15) is 12.5 Å². The van der Waals surface area contributed by atoms with Crippen molar-refractivity contribution in [1.29, 1.82) is 0 Å². The largest absolute Gasteiger partial charge is 0.339 e. The molecule has 1 aromatic heterocycles. The lowest BCUT2D eigenvalue weighted by molar-refractivity contribution is -0.130. The minimum atomic E-state index is -0.106. The zero-order valence-corrected chi connectivity index (χ0v) is 13.7. The van der Waals surface area contributed by atoms with Gasteiger partial charge in [0.1, 0.15) is 0 Å². The summed E-state index contributed by atoms with van der Waals surface area (Å²) < 4.78 is 1.78. The summed E-state index contributed by atoms with van der Waals surface area (Å²) in [5.41, 5.74) is 1.92. The Kier molecular flexibility index (Phi) is 4.79. The highest BCUT2D eigenvalue weighted by Gasteiger charge is 2.22. The smallest absolute Gasteiger partial charge is 0.317 e. The van der Waals surface area contributed by atoms with Crippen LogP contribution >= 0.6 is 0 Å². The van der Waals surface area contributed by atoms with Crippen LogP contribution in [-0.2, 0) is 11.3 Å². The van der Waals surface area contributed by atoms with Crippen molar-refractivity contribution in [2.24, 2.45) is 0 Å². The fourth-order valence-corrected chi connectivity index (χ4v) is 2.69. The van der Waals surface area contributed by atoms with Gasteiger partial charge >= 0.3 is 6.03 Å². The number of hydrogen-bond donors (Lipinski definition) is 1. The molecule has 1 N–H and O–H groups in total. The van der Waals surface area contributed by atoms with Gasteiger partial charge in [0.25, 0.3) is 0 Å². The van der Waals surface area contributed by atoms with Crippen molar-refractivity contribution < 1.29 is 9.59 Å². The number of hydrogen-bond acceptors (Lipinski definition) is 3. The predicted molar refractivity (Wildman–Crippen MR) is 89.6 cm³/mol. The molecule has 0 aliphatic carbocycles. The van der Waals surface area contributed by atoms with Gasteiger partial charge in [-0.25, -0.2) is 9.48 Å². The quantitative estimate of drug-likeness (QED) is 0.922. The molecule has 0 saturated carbocycles. The van der Waals surface area contributed by atoms with Gasteiger partial charge in [0.2, 0.25) is 5.91 Å². The molecule has 7 heteroatoms. The van der Waals surface area contributed by atoms with Gasteiger partial charge in [-0.15, -0.1) is 0 Å². The van der Waals surface area contributed by atoms with Gasteiger partial charge in [-0.05, 0) is 12.1 Å². The van der Waals surface area contributed by atoms with E-state index in [1.165, 1.54) is 0 Å². The van der Waals surface area contributed by atoms with Crippen molar-refractivity contribution in [3.05, 3.63) is 48.3 Å². The zero-order chi connectivity index (χ0) is 16.9. The van der Waals surface area contributed by atoms with Crippen LogP contribution in [0.5, 0.6) is 0 Å². The third-order valence-corrected chi connectivity index (χ3v) is 4.11. The third-order valence-electron chi connectivity index (χ3n) is 4.11. The summed E-state index contributed by atoms with van der Waals surface area (Å²) in [6.07, 6.45) is 3.66. The number of piperazine rings is 1. The van der Waals surface area contributed by atoms with Gasteiger partial charge in [0, 0.05) is 51.4 Å². The first-order valence-electron chi connectivity index (χ1n) is 8.01. The zero-order valence-electron chi connectivity index (χ0n) is 13.7. The molecule has 0 radical (unpaired) electrons. The molecule has 0 unspecified atom stereocenters. The first-order chi connectivity index (χ1) is 11.6. The van der Waals surface area contributed by atoms with Gasteiger partial charge in [0.15, 0.2) is 0 Å². The van der Waals surface area contributed by atoms with Crippen molar-refractivity contribution >= 4 is 11.9 Å². The SMILES string of the molecule is CC(=O)N1CCN(C(=O)NCc2cnn(-c3ccccc3)c2)CC1. The van der Waals surface area contributed by atoms with Crippen molar-refractivity contribution in [2.45, 2.75) is 13.5 Å². The van der Waals surface area contributed by atoms with Gasteiger partial charge in [0.05, 0.1) is 11.9 Å². The summed E-state index contributed by atoms with van der Waals surface area (Å²) in [6, 6.07) is 9.72. The van der Waals surface area contributed by atoms with Crippen LogP contribution in [0, 0.1) is 0 Å². The average molecular weight is 327 g/mol. The number of aromatic nitrogens is 2. The highest BCUT2D eigenvalue weighted by Crippen LogP contribution is 2.08. The van der Waals surface area contributed by atoms with E-state index in [9.17, 15) is 9.59 Å². The summed E-state index contributed by atoms with van der Waals surface area (Å²) in [5.74, 6) is 0.0587. The topological polar surface area (TPSA) is 70.5 Å². The number of carbonyl (C=O) groups is 2. The molecule has 126 valence electrons. The van der Waals surface area contributed by atoms with Crippen LogP contribution in [-0.4, -0.2) is 57.7 Å². The molecule has 1 aromatic carbocycles. The molecule has 1 fully saturated rings. The molecular formula is C17H21N5O2. The maximum Gasteiger partial charge on any atom is 0.317 e. The van der Waals surface area contributed by atoms with Crippen molar-refractivity contribution in [2.75, 3.05) is 26.2 Å². The number of amides is 3. The molecule has 1 aliphatic heterocycles. The first kappa shape index (κ1) is 16.0.